The molecule has 2 amide bonds. The van der Waals surface area contributed by atoms with Gasteiger partial charge in [-0.15, -0.1) is 0 Å². The van der Waals surface area contributed by atoms with E-state index in [2.05, 4.69) is 5.32 Å². The third kappa shape index (κ3) is 3.70. The van der Waals surface area contributed by atoms with Crippen LogP contribution in [0.25, 0.3) is 0 Å². The number of carbonyl (C=O) groups excluding carboxylic acids is 1. The largest absolute Gasteiger partial charge is 0.331 e. The van der Waals surface area contributed by atoms with Crippen LogP contribution >= 0.6 is 0 Å². The number of hydrogen-bond donors (Lipinski definition) is 1. The first-order chi connectivity index (χ1) is 7.15. The molecule has 0 aromatic carbocycles. The van der Waals surface area contributed by atoms with E-state index in [0.29, 0.717) is 5.92 Å². The fourth-order valence-corrected chi connectivity index (χ4v) is 2.02. The van der Waals surface area contributed by atoms with E-state index in [1.807, 2.05) is 25.9 Å². The molecule has 0 radical (unpaired) electrons. The van der Waals surface area contributed by atoms with Gasteiger partial charge < -0.3 is 15.1 Å². The second kappa shape index (κ2) is 5.95. The molecular weight excluding hydrogens is 190 g/mol. The summed E-state index contributed by atoms with van der Waals surface area (Å²) in [5.74, 6) is 0.627. The highest BCUT2D eigenvalue weighted by atomic mass is 16.2. The smallest absolute Gasteiger partial charge is 0.319 e. The second-order valence-corrected chi connectivity index (χ2v) is 4.43. The van der Waals surface area contributed by atoms with Crippen molar-refractivity contribution in [2.24, 2.45) is 5.92 Å². The highest BCUT2D eigenvalue weighted by Crippen LogP contribution is 2.12. The molecule has 0 bridgehead atoms. The summed E-state index contributed by atoms with van der Waals surface area (Å²) in [6.45, 7) is 5.91. The first-order valence-electron chi connectivity index (χ1n) is 5.82. The number of amides is 2. The van der Waals surface area contributed by atoms with Crippen molar-refractivity contribution in [3.63, 3.8) is 0 Å². The summed E-state index contributed by atoms with van der Waals surface area (Å²) in [5.41, 5.74) is 0. The molecule has 1 aliphatic rings. The van der Waals surface area contributed by atoms with Crippen molar-refractivity contribution in [1.82, 2.24) is 15.1 Å². The molecule has 1 fully saturated rings. The number of piperidine rings is 1. The molecule has 1 aliphatic heterocycles. The molecule has 4 heteroatoms. The summed E-state index contributed by atoms with van der Waals surface area (Å²) < 4.78 is 0. The second-order valence-electron chi connectivity index (χ2n) is 4.43. The molecular formula is C11H23N3O. The van der Waals surface area contributed by atoms with Crippen molar-refractivity contribution in [3.8, 4) is 0 Å². The Morgan fingerprint density at radius 2 is 2.20 bits per heavy atom. The lowest BCUT2D eigenvalue weighted by atomic mass is 9.99. The monoisotopic (exact) mass is 213 g/mol. The Bertz CT molecular complexity index is 200. The van der Waals surface area contributed by atoms with Crippen LogP contribution in [0.1, 0.15) is 19.8 Å². The number of nitrogens with one attached hydrogen (secondary N) is 1. The Morgan fingerprint density at radius 3 is 2.67 bits per heavy atom. The zero-order valence-electron chi connectivity index (χ0n) is 10.1. The predicted molar refractivity (Wildman–Crippen MR) is 61.9 cm³/mol. The summed E-state index contributed by atoms with van der Waals surface area (Å²) >= 11 is 0. The molecule has 4 nitrogen and oxygen atoms in total. The lowest BCUT2D eigenvalue weighted by molar-refractivity contribution is 0.160. The van der Waals surface area contributed by atoms with Crippen molar-refractivity contribution < 1.29 is 4.79 Å². The van der Waals surface area contributed by atoms with Gasteiger partial charge in [0.25, 0.3) is 0 Å². The molecule has 0 aromatic heterocycles. The third-order valence-corrected chi connectivity index (χ3v) is 2.91. The van der Waals surface area contributed by atoms with E-state index in [1.54, 1.807) is 4.90 Å². The van der Waals surface area contributed by atoms with Crippen LogP contribution in [0.2, 0.25) is 0 Å². The Hall–Kier alpha value is -0.770. The number of rotatable bonds is 3. The molecule has 1 atom stereocenters. The lowest BCUT2D eigenvalue weighted by Gasteiger charge is -2.31. The molecule has 1 saturated heterocycles. The van der Waals surface area contributed by atoms with Crippen LogP contribution in [0.4, 0.5) is 4.79 Å². The van der Waals surface area contributed by atoms with Crippen LogP contribution in [-0.4, -0.2) is 56.1 Å². The fourth-order valence-electron chi connectivity index (χ4n) is 2.02. The van der Waals surface area contributed by atoms with Crippen LogP contribution in [0.5, 0.6) is 0 Å². The van der Waals surface area contributed by atoms with Gasteiger partial charge in [-0.05, 0) is 38.8 Å². The summed E-state index contributed by atoms with van der Waals surface area (Å²) in [4.78, 5) is 15.4. The number of carbonyl (C=O) groups is 1. The van der Waals surface area contributed by atoms with Crippen molar-refractivity contribution in [2.75, 3.05) is 40.3 Å². The Morgan fingerprint density at radius 1 is 1.47 bits per heavy atom. The van der Waals surface area contributed by atoms with Crippen LogP contribution in [0.15, 0.2) is 0 Å². The number of hydrogen-bond acceptors (Lipinski definition) is 2. The quantitative estimate of drug-likeness (QED) is 0.759. The van der Waals surface area contributed by atoms with Gasteiger partial charge in [0.2, 0.25) is 0 Å². The molecule has 0 saturated carbocycles. The minimum Gasteiger partial charge on any atom is -0.331 e. The SMILES string of the molecule is CCN(CC1CCCNC1)C(=O)N(C)C. The Kier molecular flexibility index (Phi) is 4.88. The van der Waals surface area contributed by atoms with Crippen LogP contribution in [0.3, 0.4) is 0 Å². The average molecular weight is 213 g/mol. The van der Waals surface area contributed by atoms with Gasteiger partial charge in [0, 0.05) is 27.2 Å². The van der Waals surface area contributed by atoms with Crippen molar-refractivity contribution >= 4 is 6.03 Å². The van der Waals surface area contributed by atoms with E-state index in [0.717, 1.165) is 26.2 Å². The summed E-state index contributed by atoms with van der Waals surface area (Å²) in [5, 5.41) is 3.38. The van der Waals surface area contributed by atoms with Gasteiger partial charge >= 0.3 is 6.03 Å². The van der Waals surface area contributed by atoms with Gasteiger partial charge in [0.15, 0.2) is 0 Å². The highest BCUT2D eigenvalue weighted by molar-refractivity contribution is 5.73. The third-order valence-electron chi connectivity index (χ3n) is 2.91. The van der Waals surface area contributed by atoms with E-state index in [1.165, 1.54) is 12.8 Å². The molecule has 0 spiro atoms. The fraction of sp³-hybridized carbons (Fsp3) is 0.909. The highest BCUT2D eigenvalue weighted by Gasteiger charge is 2.20. The van der Waals surface area contributed by atoms with Gasteiger partial charge in [-0.25, -0.2) is 4.79 Å². The molecule has 1 unspecified atom stereocenters. The molecule has 1 N–H and O–H groups in total. The first kappa shape index (κ1) is 12.3. The molecule has 0 aliphatic carbocycles. The maximum Gasteiger partial charge on any atom is 0.319 e. The van der Waals surface area contributed by atoms with E-state index < -0.39 is 0 Å². The zero-order chi connectivity index (χ0) is 11.3. The van der Waals surface area contributed by atoms with E-state index in [-0.39, 0.29) is 6.03 Å². The van der Waals surface area contributed by atoms with E-state index in [4.69, 9.17) is 0 Å². The van der Waals surface area contributed by atoms with Crippen LogP contribution < -0.4 is 5.32 Å². The number of nitrogens with zero attached hydrogens (tertiary/aromatic N) is 2. The van der Waals surface area contributed by atoms with E-state index in [9.17, 15) is 4.79 Å². The van der Waals surface area contributed by atoms with Gasteiger partial charge in [-0.1, -0.05) is 0 Å². The maximum atomic E-state index is 11.8. The minimum absolute atomic E-state index is 0.128. The first-order valence-corrected chi connectivity index (χ1v) is 5.82. The zero-order valence-corrected chi connectivity index (χ0v) is 10.1. The Balaban J connectivity index is 2.41. The standard InChI is InChI=1S/C11H23N3O/c1-4-14(11(15)13(2)3)9-10-6-5-7-12-8-10/h10,12H,4-9H2,1-3H3. The van der Waals surface area contributed by atoms with Crippen molar-refractivity contribution in [2.45, 2.75) is 19.8 Å². The summed E-state index contributed by atoms with van der Waals surface area (Å²) in [7, 11) is 3.62. The van der Waals surface area contributed by atoms with Gasteiger partial charge in [-0.3, -0.25) is 0 Å². The summed E-state index contributed by atoms with van der Waals surface area (Å²) in [6.07, 6.45) is 2.47. The maximum absolute atomic E-state index is 11.8. The van der Waals surface area contributed by atoms with E-state index >= 15 is 0 Å². The topological polar surface area (TPSA) is 35.6 Å². The van der Waals surface area contributed by atoms with Crippen molar-refractivity contribution in [1.29, 1.82) is 0 Å². The summed E-state index contributed by atoms with van der Waals surface area (Å²) in [6, 6.07) is 0.128. The van der Waals surface area contributed by atoms with Crippen LogP contribution in [0, 0.1) is 5.92 Å². The lowest BCUT2D eigenvalue weighted by Crippen LogP contribution is -2.44. The van der Waals surface area contributed by atoms with Crippen LogP contribution in [-0.2, 0) is 0 Å². The average Bonchev–Trinajstić information content (AvgIpc) is 2.26. The Labute approximate surface area is 92.6 Å². The molecule has 88 valence electrons. The van der Waals surface area contributed by atoms with Gasteiger partial charge in [0.1, 0.15) is 0 Å². The van der Waals surface area contributed by atoms with Crippen molar-refractivity contribution in [3.05, 3.63) is 0 Å². The van der Waals surface area contributed by atoms with Gasteiger partial charge in [0.05, 0.1) is 0 Å². The minimum atomic E-state index is 0.128. The predicted octanol–water partition coefficient (Wildman–Crippen LogP) is 0.989. The molecule has 1 heterocycles. The number of urea groups is 1. The normalized spacial score (nSPS) is 21.1. The molecule has 1 rings (SSSR count). The molecule has 15 heavy (non-hydrogen) atoms. The van der Waals surface area contributed by atoms with Gasteiger partial charge in [-0.2, -0.15) is 0 Å². The molecule has 0 aromatic rings.